The van der Waals surface area contributed by atoms with Crippen LogP contribution in [0.2, 0.25) is 0 Å². The predicted octanol–water partition coefficient (Wildman–Crippen LogP) is 6.37. The number of aromatic nitrogens is 2. The maximum Gasteiger partial charge on any atom is 0.156 e. The third-order valence-corrected chi connectivity index (χ3v) is 4.03. The minimum atomic E-state index is -0.786. The third kappa shape index (κ3) is 6.08. The summed E-state index contributed by atoms with van der Waals surface area (Å²) in [5.74, 6) is -1.47. The summed E-state index contributed by atoms with van der Waals surface area (Å²) in [6.45, 7) is 6.18. The Labute approximate surface area is 180 Å². The number of nitrogen functional groups attached to an aromatic ring is 1. The van der Waals surface area contributed by atoms with Crippen LogP contribution >= 0.6 is 23.3 Å². The number of nitrogens with zero attached hydrogens (tertiary/aromatic N) is 2. The molecular formula is C21H26F2N4S2. The molecule has 0 aliphatic heterocycles. The molecule has 2 aromatic heterocycles. The van der Waals surface area contributed by atoms with E-state index in [-0.39, 0.29) is 17.0 Å². The lowest BCUT2D eigenvalue weighted by Gasteiger charge is -2.08. The van der Waals surface area contributed by atoms with Crippen LogP contribution in [0.25, 0.3) is 16.6 Å². The summed E-state index contributed by atoms with van der Waals surface area (Å²) in [6, 6.07) is 5.60. The van der Waals surface area contributed by atoms with E-state index in [0.29, 0.717) is 16.8 Å². The number of allylic oxidation sites excluding steroid dienone is 2. The van der Waals surface area contributed by atoms with Gasteiger partial charge < -0.3 is 10.1 Å². The van der Waals surface area contributed by atoms with Crippen molar-refractivity contribution in [3.05, 3.63) is 66.3 Å². The molecule has 0 fully saturated rings. The molecule has 3 aromatic rings. The van der Waals surface area contributed by atoms with E-state index < -0.39 is 11.6 Å². The van der Waals surface area contributed by atoms with Crippen molar-refractivity contribution in [1.29, 1.82) is 5.41 Å². The molecule has 3 rings (SSSR count). The normalized spacial score (nSPS) is 10.3. The smallest absolute Gasteiger partial charge is 0.156 e. The Balaban J connectivity index is 0.000000627. The predicted molar refractivity (Wildman–Crippen MR) is 125 cm³/mol. The Morgan fingerprint density at radius 1 is 1.17 bits per heavy atom. The van der Waals surface area contributed by atoms with Crippen molar-refractivity contribution >= 4 is 40.2 Å². The molecule has 0 bridgehead atoms. The first-order valence-electron chi connectivity index (χ1n) is 9.06. The van der Waals surface area contributed by atoms with Crippen LogP contribution in [0, 0.1) is 17.0 Å². The molecule has 0 unspecified atom stereocenters. The number of halogens is 2. The zero-order chi connectivity index (χ0) is 22.0. The van der Waals surface area contributed by atoms with Crippen LogP contribution in [0.15, 0.2) is 48.9 Å². The van der Waals surface area contributed by atoms with Crippen LogP contribution in [0.5, 0.6) is 0 Å². The van der Waals surface area contributed by atoms with Gasteiger partial charge in [-0.05, 0) is 31.2 Å². The van der Waals surface area contributed by atoms with E-state index in [1.165, 1.54) is 25.2 Å². The lowest BCUT2D eigenvalue weighted by atomic mass is 10.0. The number of nitrogens with one attached hydrogen (secondary N) is 1. The monoisotopic (exact) mass is 436 g/mol. The van der Waals surface area contributed by atoms with Crippen LogP contribution in [-0.4, -0.2) is 15.1 Å². The number of fused-ring (bicyclic) bond motifs is 1. The molecule has 0 aliphatic rings. The minimum Gasteiger partial charge on any atom is -0.396 e. The quantitative estimate of drug-likeness (QED) is 0.166. The highest BCUT2D eigenvalue weighted by Gasteiger charge is 2.16. The molecule has 2 heterocycles. The maximum atomic E-state index is 14.1. The number of benzene rings is 1. The van der Waals surface area contributed by atoms with Gasteiger partial charge in [-0.1, -0.05) is 38.8 Å². The van der Waals surface area contributed by atoms with Crippen LogP contribution in [0.1, 0.15) is 39.3 Å². The van der Waals surface area contributed by atoms with E-state index in [9.17, 15) is 8.78 Å². The van der Waals surface area contributed by atoms with E-state index in [0.717, 1.165) is 6.07 Å². The molecule has 0 spiro atoms. The van der Waals surface area contributed by atoms with Gasteiger partial charge in [0.1, 0.15) is 17.8 Å². The van der Waals surface area contributed by atoms with Crippen molar-refractivity contribution in [2.75, 3.05) is 5.73 Å². The molecule has 0 atom stereocenters. The number of hydrogen-bond acceptors (Lipinski definition) is 5. The molecule has 0 radical (unpaired) electrons. The van der Waals surface area contributed by atoms with Gasteiger partial charge in [0, 0.05) is 11.8 Å². The Bertz CT molecular complexity index is 982. The second-order valence-electron chi connectivity index (χ2n) is 6.04. The van der Waals surface area contributed by atoms with Gasteiger partial charge in [-0.3, -0.25) is 5.41 Å². The van der Waals surface area contributed by atoms with E-state index in [2.05, 4.69) is 42.2 Å². The summed E-state index contributed by atoms with van der Waals surface area (Å²) in [4.78, 5) is 4.19. The van der Waals surface area contributed by atoms with Crippen molar-refractivity contribution in [1.82, 2.24) is 9.38 Å². The third-order valence-electron chi connectivity index (χ3n) is 4.03. The first-order chi connectivity index (χ1) is 13.9. The maximum absolute atomic E-state index is 14.1. The van der Waals surface area contributed by atoms with E-state index >= 15 is 0 Å². The van der Waals surface area contributed by atoms with Gasteiger partial charge in [0.05, 0.1) is 22.5 Å². The summed E-state index contributed by atoms with van der Waals surface area (Å²) in [5.41, 5.74) is 7.04. The van der Waals surface area contributed by atoms with Crippen LogP contribution < -0.4 is 5.73 Å². The Hall–Kier alpha value is -2.32. The molecule has 0 saturated heterocycles. The van der Waals surface area contributed by atoms with Crippen molar-refractivity contribution in [2.24, 2.45) is 0 Å². The number of unbranched alkanes of at least 4 members (excludes halogenated alkanes) is 1. The summed E-state index contributed by atoms with van der Waals surface area (Å²) in [7, 11) is 0. The molecule has 8 heteroatoms. The molecule has 0 saturated carbocycles. The summed E-state index contributed by atoms with van der Waals surface area (Å²) < 4.78 is 29.8. The highest BCUT2D eigenvalue weighted by molar-refractivity contribution is 8.59. The molecule has 1 aromatic carbocycles. The zero-order valence-electron chi connectivity index (χ0n) is 16.7. The summed E-state index contributed by atoms with van der Waals surface area (Å²) in [5, 5.41) is 7.94. The largest absolute Gasteiger partial charge is 0.396 e. The SMILES string of the molecule is C/C=C\C(=N)c1ncn2cc(-c3c(F)ccc(N)c3F)ccc12.CCCC.SS. The number of hydrogen-bond donors (Lipinski definition) is 4. The standard InChI is InChI=1S/C17H14F2N4.C4H10.H2S2/c1-2-3-13(21)17-14-7-4-10(8-23(14)9-22-17)15-11(18)5-6-12(20)16(15)19;1-3-4-2;1-2/h2-9,21H,20H2,1H3;3-4H2,1-2H3;1-2H/b3-2-,21-13?;;. The average Bonchev–Trinajstić information content (AvgIpc) is 3.16. The number of thiol groups is 2. The highest BCUT2D eigenvalue weighted by Crippen LogP contribution is 2.30. The number of anilines is 1. The Morgan fingerprint density at radius 2 is 1.83 bits per heavy atom. The van der Waals surface area contributed by atoms with Gasteiger partial charge in [-0.15, -0.1) is 23.3 Å². The van der Waals surface area contributed by atoms with Gasteiger partial charge in [0.2, 0.25) is 0 Å². The number of imidazole rings is 1. The molecule has 29 heavy (non-hydrogen) atoms. The van der Waals surface area contributed by atoms with E-state index in [4.69, 9.17) is 11.1 Å². The molecule has 4 nitrogen and oxygen atoms in total. The first kappa shape index (κ1) is 24.7. The molecular weight excluding hydrogens is 410 g/mol. The lowest BCUT2D eigenvalue weighted by Crippen LogP contribution is -1.98. The van der Waals surface area contributed by atoms with Gasteiger partial charge >= 0.3 is 0 Å². The van der Waals surface area contributed by atoms with E-state index in [1.54, 1.807) is 34.9 Å². The van der Waals surface area contributed by atoms with E-state index in [1.807, 2.05) is 6.92 Å². The number of nitrogens with two attached hydrogens (primary N) is 1. The van der Waals surface area contributed by atoms with Gasteiger partial charge in [0.15, 0.2) is 5.82 Å². The second-order valence-corrected chi connectivity index (χ2v) is 6.04. The fraction of sp³-hybridized carbons (Fsp3) is 0.238. The average molecular weight is 437 g/mol. The Kier molecular flexibility index (Phi) is 10.5. The minimum absolute atomic E-state index is 0.109. The van der Waals surface area contributed by atoms with Crippen molar-refractivity contribution in [2.45, 2.75) is 33.6 Å². The number of rotatable bonds is 4. The topological polar surface area (TPSA) is 67.2 Å². The van der Waals surface area contributed by atoms with Gasteiger partial charge in [-0.2, -0.15) is 0 Å². The molecule has 3 N–H and O–H groups in total. The summed E-state index contributed by atoms with van der Waals surface area (Å²) in [6.07, 6.45) is 9.09. The lowest BCUT2D eigenvalue weighted by molar-refractivity contribution is 0.592. The number of pyridine rings is 1. The van der Waals surface area contributed by atoms with Gasteiger partial charge in [-0.25, -0.2) is 13.8 Å². The van der Waals surface area contributed by atoms with Crippen LogP contribution in [0.4, 0.5) is 14.5 Å². The second kappa shape index (κ2) is 12.3. The van der Waals surface area contributed by atoms with Crippen molar-refractivity contribution in [3.63, 3.8) is 0 Å². The van der Waals surface area contributed by atoms with Crippen LogP contribution in [0.3, 0.4) is 0 Å². The molecule has 0 aliphatic carbocycles. The Morgan fingerprint density at radius 3 is 2.41 bits per heavy atom. The first-order valence-corrected chi connectivity index (χ1v) is 10.7. The van der Waals surface area contributed by atoms with Crippen molar-refractivity contribution < 1.29 is 8.78 Å². The highest BCUT2D eigenvalue weighted by atomic mass is 33.1. The van der Waals surface area contributed by atoms with Crippen LogP contribution in [-0.2, 0) is 0 Å². The van der Waals surface area contributed by atoms with Gasteiger partial charge in [0.25, 0.3) is 0 Å². The molecule has 0 amide bonds. The molecule has 156 valence electrons. The summed E-state index contributed by atoms with van der Waals surface area (Å²) >= 11 is 6.44. The zero-order valence-corrected chi connectivity index (χ0v) is 18.4. The fourth-order valence-electron chi connectivity index (χ4n) is 2.43. The fourth-order valence-corrected chi connectivity index (χ4v) is 2.43. The van der Waals surface area contributed by atoms with Crippen molar-refractivity contribution in [3.8, 4) is 11.1 Å².